The number of aliphatic carboxylic acids is 1. The van der Waals surface area contributed by atoms with E-state index in [0.29, 0.717) is 26.3 Å². The minimum atomic E-state index is -0.824. The van der Waals surface area contributed by atoms with Gasteiger partial charge in [-0.15, -0.1) is 0 Å². The molecule has 0 aromatic rings. The molecular weight excluding hydrogens is 276 g/mol. The number of rotatable bonds is 6. The molecule has 7 nitrogen and oxygen atoms in total. The van der Waals surface area contributed by atoms with Gasteiger partial charge in [-0.05, 0) is 25.9 Å². The van der Waals surface area contributed by atoms with E-state index in [9.17, 15) is 14.7 Å². The van der Waals surface area contributed by atoms with E-state index >= 15 is 0 Å². The molecular formula is C14H24N2O5. The van der Waals surface area contributed by atoms with Gasteiger partial charge in [-0.3, -0.25) is 9.59 Å². The molecule has 2 aliphatic heterocycles. The molecule has 2 fully saturated rings. The van der Waals surface area contributed by atoms with Crippen molar-refractivity contribution in [1.29, 1.82) is 0 Å². The highest BCUT2D eigenvalue weighted by atomic mass is 16.5. The summed E-state index contributed by atoms with van der Waals surface area (Å²) < 4.78 is 10.1. The Morgan fingerprint density at radius 3 is 2.76 bits per heavy atom. The van der Waals surface area contributed by atoms with Crippen molar-refractivity contribution in [2.75, 3.05) is 60.2 Å². The highest BCUT2D eigenvalue weighted by molar-refractivity contribution is 5.82. The summed E-state index contributed by atoms with van der Waals surface area (Å²) in [7, 11) is 3.50. The van der Waals surface area contributed by atoms with E-state index in [1.807, 2.05) is 11.9 Å². The third kappa shape index (κ3) is 3.36. The fraction of sp³-hybridized carbons (Fsp3) is 0.857. The Bertz CT molecular complexity index is 403. The lowest BCUT2D eigenvalue weighted by Gasteiger charge is -2.39. The monoisotopic (exact) mass is 300 g/mol. The van der Waals surface area contributed by atoms with Crippen LogP contribution in [0.5, 0.6) is 0 Å². The molecule has 0 aromatic heterocycles. The van der Waals surface area contributed by atoms with Crippen molar-refractivity contribution in [1.82, 2.24) is 9.80 Å². The third-order valence-corrected chi connectivity index (χ3v) is 4.54. The summed E-state index contributed by atoms with van der Waals surface area (Å²) in [6.45, 7) is 2.98. The van der Waals surface area contributed by atoms with Crippen molar-refractivity contribution >= 4 is 11.9 Å². The van der Waals surface area contributed by atoms with Gasteiger partial charge < -0.3 is 24.4 Å². The number of fused-ring (bicyclic) bond motifs is 1. The summed E-state index contributed by atoms with van der Waals surface area (Å²) >= 11 is 0. The zero-order chi connectivity index (χ0) is 15.5. The molecule has 120 valence electrons. The Kier molecular flexibility index (Phi) is 5.18. The number of piperidine rings is 1. The van der Waals surface area contributed by atoms with Crippen molar-refractivity contribution in [3.05, 3.63) is 0 Å². The number of amides is 1. The molecule has 2 atom stereocenters. The van der Waals surface area contributed by atoms with Gasteiger partial charge in [-0.25, -0.2) is 0 Å². The molecule has 1 N–H and O–H groups in total. The largest absolute Gasteiger partial charge is 0.481 e. The Morgan fingerprint density at radius 2 is 2.10 bits per heavy atom. The lowest BCUT2D eigenvalue weighted by Crippen LogP contribution is -2.52. The zero-order valence-electron chi connectivity index (χ0n) is 12.7. The molecule has 21 heavy (non-hydrogen) atoms. The summed E-state index contributed by atoms with van der Waals surface area (Å²) in [5.41, 5.74) is -0.824. The van der Waals surface area contributed by atoms with Gasteiger partial charge in [0.15, 0.2) is 0 Å². The molecule has 7 heteroatoms. The smallest absolute Gasteiger partial charge is 0.313 e. The molecule has 0 radical (unpaired) electrons. The van der Waals surface area contributed by atoms with E-state index < -0.39 is 11.4 Å². The van der Waals surface area contributed by atoms with E-state index in [-0.39, 0.29) is 25.0 Å². The van der Waals surface area contributed by atoms with Crippen LogP contribution in [0.1, 0.15) is 6.42 Å². The Labute approximate surface area is 124 Å². The molecule has 0 spiro atoms. The number of methoxy groups -OCH3 is 1. The first-order valence-electron chi connectivity index (χ1n) is 7.26. The fourth-order valence-electron chi connectivity index (χ4n) is 3.35. The highest BCUT2D eigenvalue weighted by Crippen LogP contribution is 2.42. The number of carbonyl (C=O) groups excluding carboxylic acids is 1. The molecule has 0 bridgehead atoms. The second-order valence-corrected chi connectivity index (χ2v) is 6.00. The Hall–Kier alpha value is -1.18. The summed E-state index contributed by atoms with van der Waals surface area (Å²) in [4.78, 5) is 27.6. The molecule has 1 amide bonds. The molecule has 0 aromatic carbocycles. The number of hydrogen-bond acceptors (Lipinski definition) is 5. The van der Waals surface area contributed by atoms with E-state index in [1.165, 1.54) is 0 Å². The average molecular weight is 300 g/mol. The van der Waals surface area contributed by atoms with Gasteiger partial charge in [0.2, 0.25) is 5.91 Å². The molecule has 2 aliphatic rings. The zero-order valence-corrected chi connectivity index (χ0v) is 12.7. The van der Waals surface area contributed by atoms with Gasteiger partial charge in [0.05, 0.1) is 13.2 Å². The lowest BCUT2D eigenvalue weighted by molar-refractivity contribution is -0.154. The van der Waals surface area contributed by atoms with Crippen LogP contribution in [0, 0.1) is 11.3 Å². The van der Waals surface area contributed by atoms with Crippen LogP contribution in [0.2, 0.25) is 0 Å². The maximum absolute atomic E-state index is 12.2. The second-order valence-electron chi connectivity index (χ2n) is 6.00. The first-order valence-corrected chi connectivity index (χ1v) is 7.26. The number of carbonyl (C=O) groups is 2. The second kappa shape index (κ2) is 6.72. The molecule has 2 rings (SSSR count). The summed E-state index contributed by atoms with van der Waals surface area (Å²) in [5.74, 6) is -0.896. The van der Waals surface area contributed by atoms with Gasteiger partial charge in [0.25, 0.3) is 0 Å². The van der Waals surface area contributed by atoms with Gasteiger partial charge in [-0.2, -0.15) is 0 Å². The van der Waals surface area contributed by atoms with Gasteiger partial charge in [0, 0.05) is 26.7 Å². The number of hydrogen-bond donors (Lipinski definition) is 1. The predicted octanol–water partition coefficient (Wildman–Crippen LogP) is -0.486. The first kappa shape index (κ1) is 16.2. The Balaban J connectivity index is 1.96. The van der Waals surface area contributed by atoms with Crippen molar-refractivity contribution in [3.8, 4) is 0 Å². The van der Waals surface area contributed by atoms with Gasteiger partial charge >= 0.3 is 5.97 Å². The SMILES string of the molecule is COCCOCC(=O)N1C[C@@H]2CCN(C)C[C@]2(C(=O)O)C1. The van der Waals surface area contributed by atoms with Gasteiger partial charge in [0.1, 0.15) is 12.0 Å². The summed E-state index contributed by atoms with van der Waals surface area (Å²) in [5, 5.41) is 9.65. The lowest BCUT2D eigenvalue weighted by atomic mass is 9.73. The standard InChI is InChI=1S/C14H24N2O5/c1-15-4-3-11-7-16(10-14(11,9-15)13(18)19)12(17)8-21-6-5-20-2/h11H,3-10H2,1-2H3,(H,18,19)/t11-,14-/m0/s1. The summed E-state index contributed by atoms with van der Waals surface area (Å²) in [6, 6.07) is 0. The van der Waals surface area contributed by atoms with Crippen LogP contribution >= 0.6 is 0 Å². The number of carboxylic acids is 1. The van der Waals surface area contributed by atoms with Crippen LogP contribution in [0.4, 0.5) is 0 Å². The van der Waals surface area contributed by atoms with E-state index in [4.69, 9.17) is 9.47 Å². The minimum absolute atomic E-state index is 0.0123. The van der Waals surface area contributed by atoms with Crippen LogP contribution in [0.15, 0.2) is 0 Å². The number of nitrogens with zero attached hydrogens (tertiary/aromatic N) is 2. The van der Waals surface area contributed by atoms with E-state index in [2.05, 4.69) is 0 Å². The molecule has 0 saturated carbocycles. The van der Waals surface area contributed by atoms with Crippen LogP contribution in [0.3, 0.4) is 0 Å². The van der Waals surface area contributed by atoms with Crippen LogP contribution in [-0.4, -0.2) is 86.9 Å². The maximum Gasteiger partial charge on any atom is 0.313 e. The van der Waals surface area contributed by atoms with E-state index in [1.54, 1.807) is 12.0 Å². The summed E-state index contributed by atoms with van der Waals surface area (Å²) in [6.07, 6.45) is 0.817. The number of ether oxygens (including phenoxy) is 2. The normalized spacial score (nSPS) is 29.4. The van der Waals surface area contributed by atoms with Crippen molar-refractivity contribution in [2.45, 2.75) is 6.42 Å². The van der Waals surface area contributed by atoms with Crippen LogP contribution in [0.25, 0.3) is 0 Å². The van der Waals surface area contributed by atoms with E-state index in [0.717, 1.165) is 13.0 Å². The highest BCUT2D eigenvalue weighted by Gasteiger charge is 2.55. The average Bonchev–Trinajstić information content (AvgIpc) is 2.83. The Morgan fingerprint density at radius 1 is 1.33 bits per heavy atom. The third-order valence-electron chi connectivity index (χ3n) is 4.54. The fourth-order valence-corrected chi connectivity index (χ4v) is 3.35. The van der Waals surface area contributed by atoms with Crippen molar-refractivity contribution in [3.63, 3.8) is 0 Å². The first-order chi connectivity index (χ1) is 9.99. The van der Waals surface area contributed by atoms with Crippen LogP contribution in [-0.2, 0) is 19.1 Å². The predicted molar refractivity (Wildman–Crippen MR) is 74.9 cm³/mol. The topological polar surface area (TPSA) is 79.3 Å². The van der Waals surface area contributed by atoms with Crippen molar-refractivity contribution < 1.29 is 24.2 Å². The van der Waals surface area contributed by atoms with Crippen LogP contribution < -0.4 is 0 Å². The number of likely N-dealkylation sites (tertiary alicyclic amines) is 2. The number of carboxylic acid groups (broad SMARTS) is 1. The molecule has 2 saturated heterocycles. The quantitative estimate of drug-likeness (QED) is 0.667. The molecule has 0 aliphatic carbocycles. The molecule has 2 heterocycles. The maximum atomic E-state index is 12.2. The van der Waals surface area contributed by atoms with Crippen molar-refractivity contribution in [2.24, 2.45) is 11.3 Å². The minimum Gasteiger partial charge on any atom is -0.481 e. The molecule has 0 unspecified atom stereocenters. The van der Waals surface area contributed by atoms with Gasteiger partial charge in [-0.1, -0.05) is 0 Å².